The van der Waals surface area contributed by atoms with Gasteiger partial charge in [-0.25, -0.2) is 0 Å². The first-order valence-electron chi connectivity index (χ1n) is 1.40. The number of nitrogens with one attached hydrogen (secondary N) is 1. The second kappa shape index (κ2) is 2.22. The zero-order chi connectivity index (χ0) is 5.91. The molecular formula is CH6N2O3S. The Morgan fingerprint density at radius 3 is 2.14 bits per heavy atom. The first kappa shape index (κ1) is 6.83. The van der Waals surface area contributed by atoms with E-state index in [4.69, 9.17) is 0 Å². The molecule has 0 atom stereocenters. The highest BCUT2D eigenvalue weighted by Crippen LogP contribution is 1.74. The maximum atomic E-state index is 9.91. The van der Waals surface area contributed by atoms with E-state index in [-0.39, 0.29) is 0 Å². The van der Waals surface area contributed by atoms with Crippen LogP contribution in [0, 0.1) is 0 Å². The van der Waals surface area contributed by atoms with Crippen molar-refractivity contribution >= 4 is 10.3 Å². The Morgan fingerprint density at radius 1 is 1.71 bits per heavy atom. The van der Waals surface area contributed by atoms with Gasteiger partial charge in [0, 0.05) is 0 Å². The average Bonchev–Trinajstić information content (AvgIpc) is 1.68. The molecule has 0 amide bonds. The van der Waals surface area contributed by atoms with Crippen LogP contribution in [0.3, 0.4) is 0 Å². The number of nitrogens with two attached hydrogens (primary N) is 1. The van der Waals surface area contributed by atoms with Crippen molar-refractivity contribution < 1.29 is 12.6 Å². The summed E-state index contributed by atoms with van der Waals surface area (Å²) in [5.74, 6) is 4.45. The fraction of sp³-hybridized carbons (Fsp3) is 1.00. The molecule has 0 aromatic heterocycles. The monoisotopic (exact) mass is 126 g/mol. The van der Waals surface area contributed by atoms with Crippen LogP contribution in [0.5, 0.6) is 0 Å². The van der Waals surface area contributed by atoms with Crippen LogP contribution in [0.15, 0.2) is 0 Å². The normalized spacial score (nSPS) is 11.7. The van der Waals surface area contributed by atoms with Gasteiger partial charge in [0.25, 0.3) is 0 Å². The fourth-order valence-electron chi connectivity index (χ4n) is 0.0481. The molecule has 0 aromatic carbocycles. The molecule has 5 nitrogen and oxygen atoms in total. The van der Waals surface area contributed by atoms with Gasteiger partial charge in [0.05, 0.1) is 7.11 Å². The topological polar surface area (TPSA) is 81.4 Å². The molecule has 7 heavy (non-hydrogen) atoms. The van der Waals surface area contributed by atoms with E-state index < -0.39 is 10.3 Å². The van der Waals surface area contributed by atoms with Crippen molar-refractivity contribution in [3.63, 3.8) is 0 Å². The number of rotatable bonds is 2. The first-order valence-corrected chi connectivity index (χ1v) is 2.81. The third-order valence-corrected chi connectivity index (χ3v) is 1.09. The van der Waals surface area contributed by atoms with Crippen LogP contribution in [0.4, 0.5) is 0 Å². The summed E-state index contributed by atoms with van der Waals surface area (Å²) in [7, 11) is -2.62. The van der Waals surface area contributed by atoms with E-state index in [1.54, 1.807) is 0 Å². The molecule has 0 unspecified atom stereocenters. The lowest BCUT2D eigenvalue weighted by molar-refractivity contribution is 0.388. The lowest BCUT2D eigenvalue weighted by atomic mass is 11.8. The number of hydrogen-bond donors (Lipinski definition) is 2. The van der Waals surface area contributed by atoms with Gasteiger partial charge in [-0.3, -0.25) is 10.0 Å². The molecule has 0 heterocycles. The van der Waals surface area contributed by atoms with Crippen LogP contribution < -0.4 is 10.7 Å². The maximum absolute atomic E-state index is 9.91. The van der Waals surface area contributed by atoms with E-state index >= 15 is 0 Å². The van der Waals surface area contributed by atoms with E-state index in [0.717, 1.165) is 7.11 Å². The molecule has 0 aromatic rings. The number of hydrogen-bond acceptors (Lipinski definition) is 4. The quantitative estimate of drug-likeness (QED) is 0.343. The minimum absolute atomic E-state index is 1.01. The standard InChI is InChI=1S/CH6N2O3S/c1-6-7(4,5)3-2/h3H,2H2,1H3. The average molecular weight is 126 g/mol. The highest BCUT2D eigenvalue weighted by Gasteiger charge is 1.99. The van der Waals surface area contributed by atoms with E-state index in [9.17, 15) is 8.42 Å². The molecule has 0 saturated heterocycles. The van der Waals surface area contributed by atoms with Gasteiger partial charge >= 0.3 is 10.3 Å². The van der Waals surface area contributed by atoms with Crippen molar-refractivity contribution in [1.29, 1.82) is 0 Å². The molecule has 0 aliphatic rings. The SMILES string of the molecule is COS(=O)(=O)NN. The predicted octanol–water partition coefficient (Wildman–Crippen LogP) is -1.66. The molecule has 0 bridgehead atoms. The summed E-state index contributed by atoms with van der Waals surface area (Å²) in [6, 6.07) is 0. The molecule has 0 spiro atoms. The molecule has 0 aliphatic heterocycles. The van der Waals surface area contributed by atoms with Gasteiger partial charge in [-0.05, 0) is 0 Å². The van der Waals surface area contributed by atoms with Crippen molar-refractivity contribution in [1.82, 2.24) is 4.83 Å². The van der Waals surface area contributed by atoms with Crippen molar-refractivity contribution in [3.05, 3.63) is 0 Å². The minimum atomic E-state index is -3.63. The van der Waals surface area contributed by atoms with Crippen LogP contribution in [0.25, 0.3) is 0 Å². The maximum Gasteiger partial charge on any atom is 0.348 e. The van der Waals surface area contributed by atoms with Crippen LogP contribution in [0.1, 0.15) is 0 Å². The third kappa shape index (κ3) is 2.52. The summed E-state index contributed by atoms with van der Waals surface area (Å²) in [4.78, 5) is 1.44. The lowest BCUT2D eigenvalue weighted by Gasteiger charge is -1.92. The molecule has 44 valence electrons. The fourth-order valence-corrected chi connectivity index (χ4v) is 0.144. The molecular weight excluding hydrogens is 120 g/mol. The van der Waals surface area contributed by atoms with Gasteiger partial charge < -0.3 is 0 Å². The van der Waals surface area contributed by atoms with Crippen LogP contribution in [0.2, 0.25) is 0 Å². The highest BCUT2D eigenvalue weighted by molar-refractivity contribution is 7.84. The van der Waals surface area contributed by atoms with Gasteiger partial charge in [0.2, 0.25) is 0 Å². The lowest BCUT2D eigenvalue weighted by Crippen LogP contribution is -2.30. The number of hydrazine groups is 1. The zero-order valence-corrected chi connectivity index (χ0v) is 4.53. The van der Waals surface area contributed by atoms with Gasteiger partial charge in [-0.1, -0.05) is 0 Å². The summed E-state index contributed by atoms with van der Waals surface area (Å²) in [6.07, 6.45) is 0. The first-order chi connectivity index (χ1) is 3.12. The van der Waals surface area contributed by atoms with Crippen molar-refractivity contribution in [3.8, 4) is 0 Å². The van der Waals surface area contributed by atoms with E-state index in [0.29, 0.717) is 0 Å². The van der Waals surface area contributed by atoms with Crippen LogP contribution >= 0.6 is 0 Å². The van der Waals surface area contributed by atoms with E-state index in [2.05, 4.69) is 10.0 Å². The predicted molar refractivity (Wildman–Crippen MR) is 23.3 cm³/mol. The molecule has 0 rings (SSSR count). The highest BCUT2D eigenvalue weighted by atomic mass is 32.2. The van der Waals surface area contributed by atoms with Crippen LogP contribution in [-0.4, -0.2) is 15.5 Å². The largest absolute Gasteiger partial charge is 0.348 e. The van der Waals surface area contributed by atoms with Gasteiger partial charge in [0.15, 0.2) is 0 Å². The van der Waals surface area contributed by atoms with Crippen molar-refractivity contribution in [2.24, 2.45) is 5.84 Å². The van der Waals surface area contributed by atoms with Crippen LogP contribution in [-0.2, 0) is 14.5 Å². The van der Waals surface area contributed by atoms with Crippen molar-refractivity contribution in [2.75, 3.05) is 7.11 Å². The molecule has 0 aliphatic carbocycles. The second-order valence-electron chi connectivity index (χ2n) is 0.739. The third-order valence-electron chi connectivity index (χ3n) is 0.364. The zero-order valence-electron chi connectivity index (χ0n) is 3.71. The molecule has 3 N–H and O–H groups in total. The molecule has 6 heteroatoms. The molecule has 0 fully saturated rings. The van der Waals surface area contributed by atoms with E-state index in [1.807, 2.05) is 0 Å². The molecule has 0 radical (unpaired) electrons. The summed E-state index contributed by atoms with van der Waals surface area (Å²) in [5.41, 5.74) is 0. The van der Waals surface area contributed by atoms with Crippen molar-refractivity contribution in [2.45, 2.75) is 0 Å². The Bertz CT molecular complexity index is 116. The summed E-state index contributed by atoms with van der Waals surface area (Å²) in [5, 5.41) is 0. The van der Waals surface area contributed by atoms with Gasteiger partial charge in [-0.2, -0.15) is 8.42 Å². The van der Waals surface area contributed by atoms with E-state index in [1.165, 1.54) is 4.83 Å². The van der Waals surface area contributed by atoms with Gasteiger partial charge in [-0.15, -0.1) is 4.83 Å². The summed E-state index contributed by atoms with van der Waals surface area (Å²) >= 11 is 0. The summed E-state index contributed by atoms with van der Waals surface area (Å²) in [6.45, 7) is 0. The Labute approximate surface area is 41.7 Å². The smallest absolute Gasteiger partial charge is 0.261 e. The van der Waals surface area contributed by atoms with Gasteiger partial charge in [0.1, 0.15) is 0 Å². The Kier molecular flexibility index (Phi) is 2.16. The second-order valence-corrected chi connectivity index (χ2v) is 2.22. The Morgan fingerprint density at radius 2 is 2.14 bits per heavy atom. The Hall–Kier alpha value is -0.170. The Balaban J connectivity index is 3.89. The minimum Gasteiger partial charge on any atom is -0.261 e. The summed E-state index contributed by atoms with van der Waals surface area (Å²) < 4.78 is 23.6. The molecule has 0 saturated carbocycles.